The van der Waals surface area contributed by atoms with E-state index >= 15 is 0 Å². The number of ether oxygens (including phenoxy) is 1. The number of hydrogen-bond acceptors (Lipinski definition) is 5. The van der Waals surface area contributed by atoms with Gasteiger partial charge in [-0.15, -0.1) is 4.40 Å². The van der Waals surface area contributed by atoms with Crippen LogP contribution in [0.4, 0.5) is 0 Å². The number of nitrogens with zero attached hydrogens (tertiary/aromatic N) is 2. The lowest BCUT2D eigenvalue weighted by atomic mass is 10.0. The molecular weight excluding hydrogens is 388 g/mol. The standard InChI is InChI=1S/C22H22N2O4S/c25-22(28-16-8-11-17-9-2-1-3-10-17)19-13-6-7-15-24(19)21-18-12-4-5-14-20(18)29(26,27)23-21/h1-5,8-12,14,19H,6-7,13,15-16H2/b11-8+/t19-/m1/s1. The summed E-state index contributed by atoms with van der Waals surface area (Å²) in [5.74, 6) is -0.00558. The minimum absolute atomic E-state index is 0.166. The summed E-state index contributed by atoms with van der Waals surface area (Å²) in [6.07, 6.45) is 6.07. The number of sulfonamides is 1. The van der Waals surface area contributed by atoms with Crippen molar-refractivity contribution in [3.05, 3.63) is 71.8 Å². The maximum atomic E-state index is 12.7. The average Bonchev–Trinajstić information content (AvgIpc) is 3.03. The van der Waals surface area contributed by atoms with Gasteiger partial charge in [-0.1, -0.05) is 48.5 Å². The van der Waals surface area contributed by atoms with Crippen LogP contribution in [0.25, 0.3) is 6.08 Å². The Morgan fingerprint density at radius 3 is 2.69 bits per heavy atom. The van der Waals surface area contributed by atoms with Crippen molar-refractivity contribution in [2.75, 3.05) is 13.2 Å². The second-order valence-corrected chi connectivity index (χ2v) is 8.61. The van der Waals surface area contributed by atoms with E-state index in [4.69, 9.17) is 4.74 Å². The van der Waals surface area contributed by atoms with Gasteiger partial charge in [-0.25, -0.2) is 4.79 Å². The zero-order valence-corrected chi connectivity index (χ0v) is 16.7. The molecular formula is C22H22N2O4S. The third kappa shape index (κ3) is 4.10. The summed E-state index contributed by atoms with van der Waals surface area (Å²) < 4.78 is 34.2. The monoisotopic (exact) mass is 410 g/mol. The van der Waals surface area contributed by atoms with Crippen LogP contribution in [0, 0.1) is 0 Å². The highest BCUT2D eigenvalue weighted by molar-refractivity contribution is 7.90. The smallest absolute Gasteiger partial charge is 0.329 e. The highest BCUT2D eigenvalue weighted by atomic mass is 32.2. The maximum absolute atomic E-state index is 12.7. The van der Waals surface area contributed by atoms with Crippen molar-refractivity contribution in [2.45, 2.75) is 30.2 Å². The minimum atomic E-state index is -3.72. The maximum Gasteiger partial charge on any atom is 0.329 e. The van der Waals surface area contributed by atoms with Crippen LogP contribution in [0.5, 0.6) is 0 Å². The summed E-state index contributed by atoms with van der Waals surface area (Å²) in [5.41, 5.74) is 1.58. The molecule has 0 unspecified atom stereocenters. The molecule has 2 aliphatic heterocycles. The van der Waals surface area contributed by atoms with Gasteiger partial charge >= 0.3 is 5.97 Å². The second kappa shape index (κ2) is 8.21. The van der Waals surface area contributed by atoms with E-state index in [0.29, 0.717) is 24.4 Å². The third-order valence-corrected chi connectivity index (χ3v) is 6.42. The van der Waals surface area contributed by atoms with Crippen LogP contribution in [0.15, 0.2) is 70.0 Å². The molecule has 6 nitrogen and oxygen atoms in total. The highest BCUT2D eigenvalue weighted by Crippen LogP contribution is 2.30. The van der Waals surface area contributed by atoms with Crippen molar-refractivity contribution < 1.29 is 17.9 Å². The quantitative estimate of drug-likeness (QED) is 0.724. The van der Waals surface area contributed by atoms with Crippen molar-refractivity contribution >= 4 is 27.9 Å². The summed E-state index contributed by atoms with van der Waals surface area (Å²) in [7, 11) is -3.72. The van der Waals surface area contributed by atoms with E-state index in [9.17, 15) is 13.2 Å². The molecule has 0 saturated carbocycles. The molecule has 0 spiro atoms. The molecule has 2 aromatic rings. The molecule has 2 heterocycles. The van der Waals surface area contributed by atoms with E-state index in [0.717, 1.165) is 18.4 Å². The number of rotatable bonds is 4. The van der Waals surface area contributed by atoms with Crippen LogP contribution in [0.3, 0.4) is 0 Å². The molecule has 0 N–H and O–H groups in total. The largest absolute Gasteiger partial charge is 0.460 e. The van der Waals surface area contributed by atoms with Crippen molar-refractivity contribution in [2.24, 2.45) is 4.40 Å². The van der Waals surface area contributed by atoms with Crippen LogP contribution in [0.1, 0.15) is 30.4 Å². The Hall–Kier alpha value is -2.93. The summed E-state index contributed by atoms with van der Waals surface area (Å²) >= 11 is 0. The second-order valence-electron chi connectivity index (χ2n) is 7.03. The molecule has 7 heteroatoms. The first-order chi connectivity index (χ1) is 14.1. The Bertz CT molecular complexity index is 1060. The van der Waals surface area contributed by atoms with Gasteiger partial charge in [0.05, 0.1) is 0 Å². The Labute approximate surface area is 170 Å². The van der Waals surface area contributed by atoms with Gasteiger partial charge in [-0.05, 0) is 43.0 Å². The lowest BCUT2D eigenvalue weighted by Crippen LogP contribution is -2.48. The number of hydrogen-bond donors (Lipinski definition) is 0. The van der Waals surface area contributed by atoms with Crippen LogP contribution in [-0.2, 0) is 19.6 Å². The number of carbonyl (C=O) groups excluding carboxylic acids is 1. The van der Waals surface area contributed by atoms with Gasteiger partial charge in [-0.3, -0.25) is 0 Å². The van der Waals surface area contributed by atoms with Gasteiger partial charge in [0, 0.05) is 12.1 Å². The molecule has 2 aromatic carbocycles. The number of likely N-dealkylation sites (tertiary alicyclic amines) is 1. The van der Waals surface area contributed by atoms with Crippen LogP contribution in [0.2, 0.25) is 0 Å². The van der Waals surface area contributed by atoms with E-state index in [1.165, 1.54) is 0 Å². The lowest BCUT2D eigenvalue weighted by Gasteiger charge is -2.35. The van der Waals surface area contributed by atoms with Crippen molar-refractivity contribution in [3.63, 3.8) is 0 Å². The predicted molar refractivity (Wildman–Crippen MR) is 111 cm³/mol. The number of carbonyl (C=O) groups is 1. The van der Waals surface area contributed by atoms with E-state index in [2.05, 4.69) is 4.40 Å². The van der Waals surface area contributed by atoms with E-state index in [1.54, 1.807) is 35.2 Å². The normalized spacial score (nSPS) is 20.3. The first-order valence-electron chi connectivity index (χ1n) is 9.65. The molecule has 29 heavy (non-hydrogen) atoms. The molecule has 1 atom stereocenters. The first kappa shape index (κ1) is 19.4. The first-order valence-corrected chi connectivity index (χ1v) is 11.1. The topological polar surface area (TPSA) is 76.0 Å². The molecule has 4 rings (SSSR count). The highest BCUT2D eigenvalue weighted by Gasteiger charge is 2.38. The summed E-state index contributed by atoms with van der Waals surface area (Å²) in [6.45, 7) is 0.738. The molecule has 1 saturated heterocycles. The molecule has 0 aromatic heterocycles. The molecule has 0 aliphatic carbocycles. The number of benzene rings is 2. The van der Waals surface area contributed by atoms with E-state index in [-0.39, 0.29) is 17.5 Å². The van der Waals surface area contributed by atoms with Gasteiger partial charge in [0.1, 0.15) is 17.5 Å². The predicted octanol–water partition coefficient (Wildman–Crippen LogP) is 3.25. The fourth-order valence-electron chi connectivity index (χ4n) is 3.70. The number of esters is 1. The van der Waals surface area contributed by atoms with Crippen molar-refractivity contribution in [1.82, 2.24) is 4.90 Å². The Balaban J connectivity index is 1.48. The Kier molecular flexibility index (Phi) is 5.49. The Morgan fingerprint density at radius 2 is 1.86 bits per heavy atom. The summed E-state index contributed by atoms with van der Waals surface area (Å²) in [4.78, 5) is 14.7. The Morgan fingerprint density at radius 1 is 1.10 bits per heavy atom. The minimum Gasteiger partial charge on any atom is -0.460 e. The number of fused-ring (bicyclic) bond motifs is 1. The number of amidine groups is 1. The molecule has 150 valence electrons. The molecule has 1 fully saturated rings. The average molecular weight is 410 g/mol. The molecule has 0 radical (unpaired) electrons. The summed E-state index contributed by atoms with van der Waals surface area (Å²) in [6, 6.07) is 16.0. The fourth-order valence-corrected chi connectivity index (χ4v) is 4.92. The summed E-state index contributed by atoms with van der Waals surface area (Å²) in [5, 5.41) is 0. The van der Waals surface area contributed by atoms with Crippen LogP contribution in [-0.4, -0.2) is 44.3 Å². The van der Waals surface area contributed by atoms with Crippen LogP contribution < -0.4 is 0 Å². The van der Waals surface area contributed by atoms with Gasteiger partial charge in [0.15, 0.2) is 5.84 Å². The van der Waals surface area contributed by atoms with Gasteiger partial charge < -0.3 is 9.64 Å². The van der Waals surface area contributed by atoms with Gasteiger partial charge in [0.2, 0.25) is 0 Å². The fraction of sp³-hybridized carbons (Fsp3) is 0.273. The zero-order chi connectivity index (χ0) is 20.3. The third-order valence-electron chi connectivity index (χ3n) is 5.09. The SMILES string of the molecule is O=C(OC/C=C/c1ccccc1)[C@H]1CCCCN1C1=NS(=O)(=O)c2ccccc21. The van der Waals surface area contributed by atoms with Crippen LogP contribution >= 0.6 is 0 Å². The zero-order valence-electron chi connectivity index (χ0n) is 15.9. The van der Waals surface area contributed by atoms with Gasteiger partial charge in [0.25, 0.3) is 10.0 Å². The van der Waals surface area contributed by atoms with E-state index < -0.39 is 16.1 Å². The number of piperidine rings is 1. The molecule has 0 amide bonds. The molecule has 0 bridgehead atoms. The lowest BCUT2D eigenvalue weighted by molar-refractivity contribution is -0.148. The molecule has 2 aliphatic rings. The van der Waals surface area contributed by atoms with Gasteiger partial charge in [-0.2, -0.15) is 8.42 Å². The van der Waals surface area contributed by atoms with E-state index in [1.807, 2.05) is 36.4 Å². The van der Waals surface area contributed by atoms with Crippen molar-refractivity contribution in [1.29, 1.82) is 0 Å². The van der Waals surface area contributed by atoms with Crippen molar-refractivity contribution in [3.8, 4) is 0 Å².